The van der Waals surface area contributed by atoms with Gasteiger partial charge in [-0.05, 0) is 12.1 Å². The molecule has 0 atom stereocenters. The summed E-state index contributed by atoms with van der Waals surface area (Å²) in [5.41, 5.74) is 4.17. The van der Waals surface area contributed by atoms with Gasteiger partial charge in [0.05, 0.1) is 43.6 Å². The number of anilines is 2. The second-order valence-electron chi connectivity index (χ2n) is 5.99. The molecule has 8 heteroatoms. The largest absolute Gasteiger partial charge is 0.493 e. The molecule has 0 radical (unpaired) electrons. The van der Waals surface area contributed by atoms with Gasteiger partial charge >= 0.3 is 0 Å². The number of aromatic amines is 1. The van der Waals surface area contributed by atoms with Crippen LogP contribution in [0.4, 0.5) is 11.4 Å². The molecule has 140 valence electrons. The van der Waals surface area contributed by atoms with E-state index >= 15 is 0 Å². The quantitative estimate of drug-likeness (QED) is 0.547. The molecule has 0 spiro atoms. The lowest BCUT2D eigenvalue weighted by molar-refractivity contribution is 0.324. The number of benzene rings is 2. The number of ether oxygens (including phenoxy) is 3. The van der Waals surface area contributed by atoms with Crippen molar-refractivity contribution in [2.45, 2.75) is 0 Å². The summed E-state index contributed by atoms with van der Waals surface area (Å²) in [5, 5.41) is 13.7. The average molecular weight is 375 g/mol. The smallest absolute Gasteiger partial charge is 0.203 e. The van der Waals surface area contributed by atoms with Crippen molar-refractivity contribution < 1.29 is 14.2 Å². The molecule has 0 aliphatic rings. The van der Waals surface area contributed by atoms with E-state index in [2.05, 4.69) is 26.3 Å². The van der Waals surface area contributed by atoms with Gasteiger partial charge in [-0.2, -0.15) is 5.26 Å². The number of nitrogens with one attached hydrogen (secondary N) is 2. The standard InChI is InChI=1S/C20H17N5O3/c1-26-17-4-12(5-18(27-2)20(17)28-3)25-19-11(8-21)9-22-14-7-16-15(6-13(14)19)23-10-24-16/h4-7,9-10,22,25H,1-3H3. The first kappa shape index (κ1) is 17.4. The van der Waals surface area contributed by atoms with Crippen LogP contribution in [-0.2, 0) is 0 Å². The molecule has 2 heterocycles. The number of rotatable bonds is 5. The lowest BCUT2D eigenvalue weighted by Gasteiger charge is -2.16. The number of aromatic nitrogens is 3. The fourth-order valence-electron chi connectivity index (χ4n) is 3.15. The van der Waals surface area contributed by atoms with Crippen molar-refractivity contribution in [2.24, 2.45) is 0 Å². The maximum absolute atomic E-state index is 9.61. The Hall–Kier alpha value is -3.99. The third-order valence-corrected chi connectivity index (χ3v) is 4.47. The highest BCUT2D eigenvalue weighted by Gasteiger charge is 2.16. The minimum absolute atomic E-state index is 0.458. The predicted octanol–water partition coefficient (Wildman–Crippen LogP) is 3.75. The van der Waals surface area contributed by atoms with E-state index in [4.69, 9.17) is 14.2 Å². The molecule has 0 aliphatic carbocycles. The summed E-state index contributed by atoms with van der Waals surface area (Å²) in [6.45, 7) is 0. The van der Waals surface area contributed by atoms with E-state index in [0.717, 1.165) is 21.9 Å². The number of hydrogen-bond acceptors (Lipinski definition) is 7. The zero-order valence-corrected chi connectivity index (χ0v) is 15.5. The van der Waals surface area contributed by atoms with Gasteiger partial charge in [0.2, 0.25) is 5.75 Å². The van der Waals surface area contributed by atoms with Gasteiger partial charge in [-0.3, -0.25) is 0 Å². The zero-order valence-electron chi connectivity index (χ0n) is 15.5. The van der Waals surface area contributed by atoms with E-state index in [1.807, 2.05) is 12.1 Å². The van der Waals surface area contributed by atoms with Crippen molar-refractivity contribution in [3.05, 3.63) is 42.4 Å². The first-order chi connectivity index (χ1) is 13.7. The molecule has 0 fully saturated rings. The second-order valence-corrected chi connectivity index (χ2v) is 5.99. The maximum atomic E-state index is 9.61. The summed E-state index contributed by atoms with van der Waals surface area (Å²) in [6, 6.07) is 9.58. The second kappa shape index (κ2) is 6.96. The monoisotopic (exact) mass is 375 g/mol. The van der Waals surface area contributed by atoms with Gasteiger partial charge in [0.1, 0.15) is 12.4 Å². The van der Waals surface area contributed by atoms with Crippen LogP contribution in [0.25, 0.3) is 21.9 Å². The van der Waals surface area contributed by atoms with Crippen LogP contribution in [0.2, 0.25) is 0 Å². The van der Waals surface area contributed by atoms with Crippen molar-refractivity contribution >= 4 is 33.3 Å². The maximum Gasteiger partial charge on any atom is 0.203 e. The molecule has 0 bridgehead atoms. The van der Waals surface area contributed by atoms with Crippen LogP contribution >= 0.6 is 0 Å². The third-order valence-electron chi connectivity index (χ3n) is 4.47. The van der Waals surface area contributed by atoms with Crippen molar-refractivity contribution in [1.82, 2.24) is 15.0 Å². The van der Waals surface area contributed by atoms with Crippen LogP contribution in [0.1, 0.15) is 5.56 Å². The van der Waals surface area contributed by atoms with Gasteiger partial charge in [0.15, 0.2) is 11.5 Å². The molecule has 28 heavy (non-hydrogen) atoms. The molecule has 8 nitrogen and oxygen atoms in total. The molecular formula is C20H17N5O3. The van der Waals surface area contributed by atoms with Crippen LogP contribution in [0.15, 0.2) is 36.8 Å². The number of methoxy groups -OCH3 is 3. The van der Waals surface area contributed by atoms with Gasteiger partial charge in [-0.15, -0.1) is 0 Å². The molecule has 2 aromatic heterocycles. The molecule has 4 rings (SSSR count). The Bertz CT molecular complexity index is 1200. The summed E-state index contributed by atoms with van der Waals surface area (Å²) in [6.07, 6.45) is 3.17. The molecule has 4 aromatic rings. The van der Waals surface area contributed by atoms with E-state index in [1.54, 1.807) is 39.7 Å². The van der Waals surface area contributed by atoms with Crippen molar-refractivity contribution in [3.63, 3.8) is 0 Å². The number of nitrogens with zero attached hydrogens (tertiary/aromatic N) is 3. The van der Waals surface area contributed by atoms with Crippen LogP contribution in [0.3, 0.4) is 0 Å². The van der Waals surface area contributed by atoms with Crippen molar-refractivity contribution in [3.8, 4) is 23.3 Å². The molecule has 0 unspecified atom stereocenters. The molecule has 0 saturated heterocycles. The summed E-state index contributed by atoms with van der Waals surface area (Å²) < 4.78 is 16.2. The van der Waals surface area contributed by atoms with Gasteiger partial charge in [0, 0.05) is 34.9 Å². The Kier molecular flexibility index (Phi) is 4.33. The van der Waals surface area contributed by atoms with Crippen LogP contribution in [-0.4, -0.2) is 36.3 Å². The highest BCUT2D eigenvalue weighted by molar-refractivity contribution is 6.02. The number of pyridine rings is 1. The molecule has 0 amide bonds. The van der Waals surface area contributed by atoms with Gasteiger partial charge < -0.3 is 24.5 Å². The summed E-state index contributed by atoms with van der Waals surface area (Å²) in [7, 11) is 4.66. The van der Waals surface area contributed by atoms with E-state index in [9.17, 15) is 5.26 Å². The summed E-state index contributed by atoms with van der Waals surface area (Å²) >= 11 is 0. The molecule has 2 N–H and O–H groups in total. The fraction of sp³-hybridized carbons (Fsp3) is 0.150. The molecular weight excluding hydrogens is 358 g/mol. The van der Waals surface area contributed by atoms with Crippen molar-refractivity contribution in [1.29, 1.82) is 5.26 Å². The number of nitriles is 1. The number of imidazole rings is 1. The van der Waals surface area contributed by atoms with Crippen LogP contribution < -0.4 is 19.5 Å². The lowest BCUT2D eigenvalue weighted by Crippen LogP contribution is -2.00. The minimum Gasteiger partial charge on any atom is -0.493 e. The summed E-state index contributed by atoms with van der Waals surface area (Å²) in [5.74, 6) is 1.52. The Balaban J connectivity index is 1.90. The minimum atomic E-state index is 0.458. The highest BCUT2D eigenvalue weighted by Crippen LogP contribution is 2.41. The van der Waals surface area contributed by atoms with Crippen molar-refractivity contribution in [2.75, 3.05) is 26.6 Å². The molecule has 0 saturated carbocycles. The topological polar surface area (TPSA) is 105 Å². The fourth-order valence-corrected chi connectivity index (χ4v) is 3.15. The first-order valence-corrected chi connectivity index (χ1v) is 8.41. The Morgan fingerprint density at radius 2 is 1.64 bits per heavy atom. The van der Waals surface area contributed by atoms with E-state index < -0.39 is 0 Å². The van der Waals surface area contributed by atoms with Gasteiger partial charge in [-0.25, -0.2) is 9.97 Å². The SMILES string of the molecule is COc1cc(Nc2c(C#N)c[nH]c3cc4ncnc4cc23)cc(OC)c1OC. The van der Waals surface area contributed by atoms with Gasteiger partial charge in [0.25, 0.3) is 0 Å². The number of fused-ring (bicyclic) bond motifs is 2. The Morgan fingerprint density at radius 1 is 0.964 bits per heavy atom. The third kappa shape index (κ3) is 2.79. The normalized spacial score (nSPS) is 10.6. The van der Waals surface area contributed by atoms with E-state index in [-0.39, 0.29) is 0 Å². The van der Waals surface area contributed by atoms with Crippen LogP contribution in [0, 0.1) is 11.3 Å². The molecule has 2 aromatic carbocycles. The van der Waals surface area contributed by atoms with E-state index in [1.165, 1.54) is 6.33 Å². The lowest BCUT2D eigenvalue weighted by atomic mass is 10.1. The van der Waals surface area contributed by atoms with Crippen LogP contribution in [0.5, 0.6) is 17.2 Å². The van der Waals surface area contributed by atoms with E-state index in [0.29, 0.717) is 34.2 Å². The Morgan fingerprint density at radius 3 is 2.25 bits per heavy atom. The van der Waals surface area contributed by atoms with Gasteiger partial charge in [-0.1, -0.05) is 0 Å². The summed E-state index contributed by atoms with van der Waals surface area (Å²) in [4.78, 5) is 11.6. The number of hydrogen-bond donors (Lipinski definition) is 2. The predicted molar refractivity (Wildman–Crippen MR) is 105 cm³/mol. The number of H-pyrrole nitrogens is 1. The first-order valence-electron chi connectivity index (χ1n) is 8.41. The average Bonchev–Trinajstić information content (AvgIpc) is 3.19. The Labute approximate surface area is 160 Å². The zero-order chi connectivity index (χ0) is 19.7. The molecule has 0 aliphatic heterocycles. The highest BCUT2D eigenvalue weighted by atomic mass is 16.5.